The lowest BCUT2D eigenvalue weighted by molar-refractivity contribution is -0.384. The van der Waals surface area contributed by atoms with Gasteiger partial charge >= 0.3 is 0 Å². The summed E-state index contributed by atoms with van der Waals surface area (Å²) < 4.78 is 6.92. The zero-order valence-electron chi connectivity index (χ0n) is 16.1. The number of rotatable bonds is 4. The normalized spacial score (nSPS) is 16.3. The number of carbonyl (C=O) groups excluding carboxylic acids is 1. The number of hydrogen-bond acceptors (Lipinski definition) is 7. The van der Waals surface area contributed by atoms with Crippen molar-refractivity contribution in [3.63, 3.8) is 0 Å². The molecule has 0 unspecified atom stereocenters. The van der Waals surface area contributed by atoms with Gasteiger partial charge in [0.2, 0.25) is 11.5 Å². The van der Waals surface area contributed by atoms with Gasteiger partial charge in [0.15, 0.2) is 0 Å². The van der Waals surface area contributed by atoms with Gasteiger partial charge in [0.25, 0.3) is 11.2 Å². The van der Waals surface area contributed by atoms with Gasteiger partial charge in [0.1, 0.15) is 23.0 Å². The molecule has 0 saturated carbocycles. The maximum absolute atomic E-state index is 13.0. The average molecular weight is 436 g/mol. The molecule has 9 nitrogen and oxygen atoms in total. The number of amides is 1. The number of hydrogen-bond donors (Lipinski definition) is 0. The Labute approximate surface area is 179 Å². The standard InChI is InChI=1S/C21H16N4O5S/c26-17(24-9-10-31-21(24)13-5-7-14(8-6-13)25(28)29)11-23-12-22-18-15-3-1-2-4-16(15)30-19(18)20(23)27/h1-8,12,21H,9-11H2/t21-/m0/s1. The third-order valence-electron chi connectivity index (χ3n) is 5.26. The molecule has 10 heteroatoms. The Morgan fingerprint density at radius 3 is 2.77 bits per heavy atom. The monoisotopic (exact) mass is 436 g/mol. The lowest BCUT2D eigenvalue weighted by Gasteiger charge is -2.24. The molecule has 0 bridgehead atoms. The summed E-state index contributed by atoms with van der Waals surface area (Å²) in [6.45, 7) is 0.364. The van der Waals surface area contributed by atoms with E-state index in [1.807, 2.05) is 18.2 Å². The predicted octanol–water partition coefficient (Wildman–Crippen LogP) is 3.33. The van der Waals surface area contributed by atoms with Crippen molar-refractivity contribution in [1.29, 1.82) is 0 Å². The molecule has 2 aromatic carbocycles. The fraction of sp³-hybridized carbons (Fsp3) is 0.190. The van der Waals surface area contributed by atoms with Crippen molar-refractivity contribution in [3.8, 4) is 0 Å². The van der Waals surface area contributed by atoms with E-state index in [4.69, 9.17) is 4.42 Å². The lowest BCUT2D eigenvalue weighted by Crippen LogP contribution is -2.36. The minimum absolute atomic E-state index is 0.00128. The minimum atomic E-state index is -0.456. The summed E-state index contributed by atoms with van der Waals surface area (Å²) in [7, 11) is 0. The van der Waals surface area contributed by atoms with Crippen LogP contribution in [0.2, 0.25) is 0 Å². The number of benzene rings is 2. The number of fused-ring (bicyclic) bond motifs is 3. The van der Waals surface area contributed by atoms with E-state index in [9.17, 15) is 19.7 Å². The van der Waals surface area contributed by atoms with E-state index in [0.29, 0.717) is 17.6 Å². The van der Waals surface area contributed by atoms with Crippen LogP contribution in [0.25, 0.3) is 22.1 Å². The molecule has 4 aromatic rings. The van der Waals surface area contributed by atoms with Crippen molar-refractivity contribution in [2.75, 3.05) is 12.3 Å². The number of carbonyl (C=O) groups is 1. The molecule has 0 radical (unpaired) electrons. The second-order valence-electron chi connectivity index (χ2n) is 7.11. The summed E-state index contributed by atoms with van der Waals surface area (Å²) in [6.07, 6.45) is 1.37. The molecule has 5 rings (SSSR count). The molecule has 2 aromatic heterocycles. The van der Waals surface area contributed by atoms with E-state index < -0.39 is 10.5 Å². The zero-order chi connectivity index (χ0) is 21.5. The molecule has 1 saturated heterocycles. The number of aromatic nitrogens is 2. The molecule has 3 heterocycles. The van der Waals surface area contributed by atoms with Crippen LogP contribution in [-0.4, -0.2) is 37.6 Å². The molecule has 1 amide bonds. The Hall–Kier alpha value is -3.66. The van der Waals surface area contributed by atoms with Gasteiger partial charge in [-0.2, -0.15) is 0 Å². The van der Waals surface area contributed by atoms with Crippen LogP contribution in [0.4, 0.5) is 5.69 Å². The first-order chi connectivity index (χ1) is 15.0. The molecule has 1 atom stereocenters. The highest BCUT2D eigenvalue weighted by molar-refractivity contribution is 7.99. The highest BCUT2D eigenvalue weighted by Gasteiger charge is 2.31. The fourth-order valence-electron chi connectivity index (χ4n) is 3.73. The van der Waals surface area contributed by atoms with Crippen molar-refractivity contribution in [2.45, 2.75) is 11.9 Å². The van der Waals surface area contributed by atoms with Gasteiger partial charge in [-0.15, -0.1) is 11.8 Å². The number of non-ortho nitro benzene ring substituents is 1. The molecule has 0 N–H and O–H groups in total. The molecule has 0 aliphatic carbocycles. The fourth-order valence-corrected chi connectivity index (χ4v) is 5.00. The number of nitro groups is 1. The van der Waals surface area contributed by atoms with Crippen molar-refractivity contribution in [2.24, 2.45) is 0 Å². The van der Waals surface area contributed by atoms with Crippen molar-refractivity contribution >= 4 is 45.4 Å². The van der Waals surface area contributed by atoms with Crippen LogP contribution in [0.3, 0.4) is 0 Å². The van der Waals surface area contributed by atoms with E-state index >= 15 is 0 Å². The summed E-state index contributed by atoms with van der Waals surface area (Å²) >= 11 is 1.58. The first-order valence-corrected chi connectivity index (χ1v) is 10.6. The van der Waals surface area contributed by atoms with Crippen LogP contribution in [0.5, 0.6) is 0 Å². The predicted molar refractivity (Wildman–Crippen MR) is 116 cm³/mol. The SMILES string of the molecule is O=C(Cn1cnc2c(oc3ccccc32)c1=O)N1CCS[C@H]1c1ccc([N+](=O)[O-])cc1. The van der Waals surface area contributed by atoms with Crippen LogP contribution in [0.1, 0.15) is 10.9 Å². The van der Waals surface area contributed by atoms with Crippen LogP contribution < -0.4 is 5.56 Å². The summed E-state index contributed by atoms with van der Waals surface area (Å²) in [6, 6.07) is 13.4. The summed E-state index contributed by atoms with van der Waals surface area (Å²) in [5.41, 5.74) is 1.57. The van der Waals surface area contributed by atoms with E-state index in [1.165, 1.54) is 23.0 Å². The number of thioether (sulfide) groups is 1. The van der Waals surface area contributed by atoms with Crippen LogP contribution >= 0.6 is 11.8 Å². The van der Waals surface area contributed by atoms with Gasteiger partial charge in [0, 0.05) is 29.8 Å². The quantitative estimate of drug-likeness (QED) is 0.356. The lowest BCUT2D eigenvalue weighted by atomic mass is 10.2. The molecule has 1 aliphatic rings. The van der Waals surface area contributed by atoms with Gasteiger partial charge in [-0.05, 0) is 29.8 Å². The van der Waals surface area contributed by atoms with E-state index in [0.717, 1.165) is 16.7 Å². The highest BCUT2D eigenvalue weighted by atomic mass is 32.2. The Balaban J connectivity index is 1.42. The highest BCUT2D eigenvalue weighted by Crippen LogP contribution is 2.38. The third kappa shape index (κ3) is 3.34. The Kier molecular flexibility index (Phi) is 4.70. The molecular formula is C21H16N4O5S. The van der Waals surface area contributed by atoms with Gasteiger partial charge < -0.3 is 9.32 Å². The first-order valence-electron chi connectivity index (χ1n) is 9.55. The molecule has 1 fully saturated rings. The number of para-hydroxylation sites is 1. The average Bonchev–Trinajstić information content (AvgIpc) is 3.41. The molecule has 156 valence electrons. The smallest absolute Gasteiger partial charge is 0.297 e. The van der Waals surface area contributed by atoms with E-state index in [-0.39, 0.29) is 29.1 Å². The van der Waals surface area contributed by atoms with Crippen molar-refractivity contribution < 1.29 is 14.1 Å². The third-order valence-corrected chi connectivity index (χ3v) is 6.52. The van der Waals surface area contributed by atoms with Gasteiger partial charge in [-0.1, -0.05) is 12.1 Å². The molecule has 0 spiro atoms. The van der Waals surface area contributed by atoms with Gasteiger partial charge in [0.05, 0.1) is 11.3 Å². The number of nitro benzene ring substituents is 1. The largest absolute Gasteiger partial charge is 0.448 e. The number of nitrogens with zero attached hydrogens (tertiary/aromatic N) is 4. The molecular weight excluding hydrogens is 420 g/mol. The van der Waals surface area contributed by atoms with Crippen molar-refractivity contribution in [1.82, 2.24) is 14.5 Å². The second-order valence-corrected chi connectivity index (χ2v) is 8.30. The van der Waals surface area contributed by atoms with E-state index in [1.54, 1.807) is 34.9 Å². The minimum Gasteiger partial charge on any atom is -0.448 e. The first kappa shape index (κ1) is 19.3. The van der Waals surface area contributed by atoms with Gasteiger partial charge in [-0.3, -0.25) is 24.3 Å². The summed E-state index contributed by atoms with van der Waals surface area (Å²) in [5.74, 6) is 0.510. The van der Waals surface area contributed by atoms with E-state index in [2.05, 4.69) is 4.98 Å². The zero-order valence-corrected chi connectivity index (χ0v) is 16.9. The Bertz CT molecular complexity index is 1380. The molecule has 1 aliphatic heterocycles. The number of furan rings is 1. The summed E-state index contributed by atoms with van der Waals surface area (Å²) in [4.78, 5) is 42.4. The maximum atomic E-state index is 13.0. The Morgan fingerprint density at radius 1 is 1.23 bits per heavy atom. The van der Waals surface area contributed by atoms with Crippen LogP contribution in [0.15, 0.2) is 64.1 Å². The summed E-state index contributed by atoms with van der Waals surface area (Å²) in [5, 5.41) is 11.4. The van der Waals surface area contributed by atoms with Crippen molar-refractivity contribution in [3.05, 3.63) is 80.9 Å². The second kappa shape index (κ2) is 7.55. The molecule has 31 heavy (non-hydrogen) atoms. The van der Waals surface area contributed by atoms with Crippen LogP contribution in [0, 0.1) is 10.1 Å². The van der Waals surface area contributed by atoms with Crippen LogP contribution in [-0.2, 0) is 11.3 Å². The topological polar surface area (TPSA) is 111 Å². The Morgan fingerprint density at radius 2 is 2.00 bits per heavy atom. The maximum Gasteiger partial charge on any atom is 0.297 e. The van der Waals surface area contributed by atoms with Gasteiger partial charge in [-0.25, -0.2) is 4.98 Å².